The number of ether oxygens (including phenoxy) is 1. The van der Waals surface area contributed by atoms with Gasteiger partial charge in [-0.15, -0.1) is 0 Å². The summed E-state index contributed by atoms with van der Waals surface area (Å²) in [6.45, 7) is 2.87. The number of hydrogen-bond acceptors (Lipinski definition) is 6. The number of carbonyl (C=O) groups is 3. The SMILES string of the molecule is CCCC(=O)C1(c2ccccc2)CCN(C(=O)[C@@H](Cc2ccc(OC)cc2)NC(=O)[C@H](N)Cc2cn(C)cn2)CC1. The lowest BCUT2D eigenvalue weighted by molar-refractivity contribution is -0.139. The summed E-state index contributed by atoms with van der Waals surface area (Å²) in [5, 5.41) is 2.93. The van der Waals surface area contributed by atoms with Crippen molar-refractivity contribution in [1.29, 1.82) is 0 Å². The summed E-state index contributed by atoms with van der Waals surface area (Å²) in [5.41, 5.74) is 8.24. The van der Waals surface area contributed by atoms with Crippen molar-refractivity contribution in [2.75, 3.05) is 20.2 Å². The Morgan fingerprint density at radius 1 is 1.05 bits per heavy atom. The van der Waals surface area contributed by atoms with Gasteiger partial charge >= 0.3 is 0 Å². The molecule has 2 atom stereocenters. The van der Waals surface area contributed by atoms with Crippen LogP contribution in [0.1, 0.15) is 49.4 Å². The fourth-order valence-electron chi connectivity index (χ4n) is 5.65. The van der Waals surface area contributed by atoms with Gasteiger partial charge in [0.2, 0.25) is 11.8 Å². The normalized spacial score (nSPS) is 16.0. The van der Waals surface area contributed by atoms with Crippen LogP contribution in [0.15, 0.2) is 67.1 Å². The topological polar surface area (TPSA) is 120 Å². The molecular weight excluding hydrogens is 518 g/mol. The van der Waals surface area contributed by atoms with E-state index in [2.05, 4.69) is 10.3 Å². The van der Waals surface area contributed by atoms with Crippen LogP contribution >= 0.6 is 0 Å². The van der Waals surface area contributed by atoms with E-state index in [9.17, 15) is 14.4 Å². The van der Waals surface area contributed by atoms with Crippen molar-refractivity contribution in [1.82, 2.24) is 19.8 Å². The smallest absolute Gasteiger partial charge is 0.245 e. The Kier molecular flexibility index (Phi) is 9.94. The first-order chi connectivity index (χ1) is 19.8. The van der Waals surface area contributed by atoms with E-state index in [4.69, 9.17) is 10.5 Å². The molecule has 1 fully saturated rings. The molecular formula is C32H41N5O4. The number of nitrogens with two attached hydrogens (primary N) is 1. The molecule has 0 aliphatic carbocycles. The number of Topliss-reactive ketones (excluding diaryl/α,β-unsaturated/α-hetero) is 1. The lowest BCUT2D eigenvalue weighted by Gasteiger charge is -2.42. The van der Waals surface area contributed by atoms with Crippen LogP contribution in [-0.2, 0) is 39.7 Å². The molecule has 3 aromatic rings. The van der Waals surface area contributed by atoms with Crippen molar-refractivity contribution >= 4 is 17.6 Å². The largest absolute Gasteiger partial charge is 0.497 e. The molecule has 41 heavy (non-hydrogen) atoms. The first-order valence-electron chi connectivity index (χ1n) is 14.3. The molecule has 0 radical (unpaired) electrons. The average Bonchev–Trinajstić information content (AvgIpc) is 3.41. The Bertz CT molecular complexity index is 1310. The van der Waals surface area contributed by atoms with E-state index in [0.29, 0.717) is 50.2 Å². The molecule has 2 heterocycles. The Morgan fingerprint density at radius 2 is 1.73 bits per heavy atom. The summed E-state index contributed by atoms with van der Waals surface area (Å²) in [7, 11) is 3.45. The molecule has 1 saturated heterocycles. The van der Waals surface area contributed by atoms with E-state index in [-0.39, 0.29) is 18.1 Å². The van der Waals surface area contributed by atoms with E-state index >= 15 is 0 Å². The molecule has 0 saturated carbocycles. The zero-order chi connectivity index (χ0) is 29.4. The van der Waals surface area contributed by atoms with Gasteiger partial charge in [0.15, 0.2) is 0 Å². The quantitative estimate of drug-likeness (QED) is 0.352. The Morgan fingerprint density at radius 3 is 2.32 bits per heavy atom. The minimum atomic E-state index is -0.852. The summed E-state index contributed by atoms with van der Waals surface area (Å²) in [4.78, 5) is 46.6. The Balaban J connectivity index is 1.51. The van der Waals surface area contributed by atoms with Gasteiger partial charge in [0.25, 0.3) is 0 Å². The van der Waals surface area contributed by atoms with Crippen LogP contribution in [0.2, 0.25) is 0 Å². The van der Waals surface area contributed by atoms with Crippen LogP contribution in [0.4, 0.5) is 0 Å². The van der Waals surface area contributed by atoms with Gasteiger partial charge in [-0.05, 0) is 42.5 Å². The van der Waals surface area contributed by atoms with Gasteiger partial charge in [0.1, 0.15) is 17.6 Å². The number of carbonyl (C=O) groups excluding carboxylic acids is 3. The lowest BCUT2D eigenvalue weighted by Crippen LogP contribution is -2.57. The van der Waals surface area contributed by atoms with Crippen molar-refractivity contribution in [2.45, 2.75) is 62.9 Å². The molecule has 1 aromatic heterocycles. The van der Waals surface area contributed by atoms with Crippen molar-refractivity contribution in [3.05, 3.63) is 83.9 Å². The van der Waals surface area contributed by atoms with Gasteiger partial charge in [-0.2, -0.15) is 0 Å². The highest BCUT2D eigenvalue weighted by molar-refractivity contribution is 5.92. The van der Waals surface area contributed by atoms with E-state index in [1.165, 1.54) is 0 Å². The number of nitrogens with zero attached hydrogens (tertiary/aromatic N) is 3. The van der Waals surface area contributed by atoms with Gasteiger partial charge in [0, 0.05) is 45.6 Å². The van der Waals surface area contributed by atoms with Crippen molar-refractivity contribution in [3.8, 4) is 5.75 Å². The molecule has 9 nitrogen and oxygen atoms in total. The highest BCUT2D eigenvalue weighted by Gasteiger charge is 2.43. The van der Waals surface area contributed by atoms with Crippen molar-refractivity contribution in [2.24, 2.45) is 12.8 Å². The second kappa shape index (κ2) is 13.6. The number of imidazole rings is 1. The summed E-state index contributed by atoms with van der Waals surface area (Å²) in [5.74, 6) is 0.352. The Hall–Kier alpha value is -3.98. The average molecular weight is 560 g/mol. The number of likely N-dealkylation sites (tertiary alicyclic amines) is 1. The molecule has 4 rings (SSSR count). The van der Waals surface area contributed by atoms with Crippen molar-refractivity contribution in [3.63, 3.8) is 0 Å². The zero-order valence-corrected chi connectivity index (χ0v) is 24.2. The highest BCUT2D eigenvalue weighted by Crippen LogP contribution is 2.38. The predicted octanol–water partition coefficient (Wildman–Crippen LogP) is 2.96. The molecule has 0 spiro atoms. The van der Waals surface area contributed by atoms with E-state index in [0.717, 1.165) is 17.5 Å². The number of methoxy groups -OCH3 is 1. The summed E-state index contributed by atoms with van der Waals surface area (Å²) in [6.07, 6.45) is 6.43. The maximum atomic E-state index is 13.9. The van der Waals surface area contributed by atoms with E-state index in [1.807, 2.05) is 74.8 Å². The summed E-state index contributed by atoms with van der Waals surface area (Å²) < 4.78 is 7.07. The van der Waals surface area contributed by atoms with Crippen LogP contribution in [0.25, 0.3) is 0 Å². The van der Waals surface area contributed by atoms with E-state index in [1.54, 1.807) is 22.9 Å². The lowest BCUT2D eigenvalue weighted by atomic mass is 9.68. The summed E-state index contributed by atoms with van der Waals surface area (Å²) >= 11 is 0. The molecule has 9 heteroatoms. The Labute approximate surface area is 242 Å². The molecule has 2 amide bonds. The van der Waals surface area contributed by atoms with E-state index < -0.39 is 23.4 Å². The molecule has 0 unspecified atom stereocenters. The number of hydrogen-bond donors (Lipinski definition) is 2. The van der Waals surface area contributed by atoms with Gasteiger partial charge in [-0.25, -0.2) is 4.98 Å². The predicted molar refractivity (Wildman–Crippen MR) is 157 cm³/mol. The first kappa shape index (κ1) is 30.0. The number of rotatable bonds is 12. The third kappa shape index (κ3) is 7.21. The summed E-state index contributed by atoms with van der Waals surface area (Å²) in [6, 6.07) is 15.7. The molecule has 0 bridgehead atoms. The molecule has 218 valence electrons. The van der Waals surface area contributed by atoms with Gasteiger partial charge in [0.05, 0.1) is 30.6 Å². The van der Waals surface area contributed by atoms with Crippen LogP contribution in [0.3, 0.4) is 0 Å². The molecule has 3 N–H and O–H groups in total. The van der Waals surface area contributed by atoms with Gasteiger partial charge < -0.3 is 25.3 Å². The monoisotopic (exact) mass is 559 g/mol. The highest BCUT2D eigenvalue weighted by atomic mass is 16.5. The number of benzene rings is 2. The third-order valence-corrected chi connectivity index (χ3v) is 8.00. The standard InChI is InChI=1S/C32H41N5O4/c1-4-8-29(38)32(24-9-6-5-7-10-24)15-17-37(18-16-32)31(40)28(19-23-11-13-26(41-3)14-12-23)35-30(39)27(33)20-25-21-36(2)22-34-25/h5-7,9-14,21-22,27-28H,4,8,15-20,33H2,1-3H3,(H,35,39)/t27-,28-/m1/s1. The van der Waals surface area contributed by atoms with Crippen LogP contribution in [-0.4, -0.2) is 64.3 Å². The number of aromatic nitrogens is 2. The van der Waals surface area contributed by atoms with Crippen LogP contribution in [0.5, 0.6) is 5.75 Å². The maximum absolute atomic E-state index is 13.9. The number of ketones is 1. The van der Waals surface area contributed by atoms with Crippen molar-refractivity contribution < 1.29 is 19.1 Å². The number of aryl methyl sites for hydroxylation is 1. The number of nitrogens with one attached hydrogen (secondary N) is 1. The second-order valence-electron chi connectivity index (χ2n) is 10.9. The van der Waals surface area contributed by atoms with Crippen LogP contribution in [0, 0.1) is 0 Å². The number of piperidine rings is 1. The fraction of sp³-hybridized carbons (Fsp3) is 0.438. The molecule has 1 aliphatic rings. The fourth-order valence-corrected chi connectivity index (χ4v) is 5.65. The minimum absolute atomic E-state index is 0.177. The first-order valence-corrected chi connectivity index (χ1v) is 14.3. The second-order valence-corrected chi connectivity index (χ2v) is 10.9. The van der Waals surface area contributed by atoms with Crippen LogP contribution < -0.4 is 15.8 Å². The molecule has 1 aliphatic heterocycles. The molecule has 2 aromatic carbocycles. The van der Waals surface area contributed by atoms with Gasteiger partial charge in [-0.1, -0.05) is 49.4 Å². The minimum Gasteiger partial charge on any atom is -0.497 e. The van der Waals surface area contributed by atoms with Gasteiger partial charge in [-0.3, -0.25) is 14.4 Å². The third-order valence-electron chi connectivity index (χ3n) is 8.00. The zero-order valence-electron chi connectivity index (χ0n) is 24.2. The maximum Gasteiger partial charge on any atom is 0.245 e. The number of amides is 2.